The Morgan fingerprint density at radius 2 is 1.97 bits per heavy atom. The average Bonchev–Trinajstić information content (AvgIpc) is 3.31. The van der Waals surface area contributed by atoms with Crippen molar-refractivity contribution >= 4 is 55.1 Å². The van der Waals surface area contributed by atoms with Crippen LogP contribution in [0.1, 0.15) is 42.7 Å². The fourth-order valence-electron chi connectivity index (χ4n) is 4.18. The summed E-state index contributed by atoms with van der Waals surface area (Å²) in [6.07, 6.45) is 6.26. The van der Waals surface area contributed by atoms with Gasteiger partial charge in [-0.1, -0.05) is 43.6 Å². The number of fused-ring (bicyclic) bond motifs is 5. The first kappa shape index (κ1) is 19.3. The lowest BCUT2D eigenvalue weighted by molar-refractivity contribution is 0.632. The van der Waals surface area contributed by atoms with Crippen molar-refractivity contribution in [3.05, 3.63) is 58.0 Å². The Morgan fingerprint density at radius 3 is 2.79 bits per heavy atom. The van der Waals surface area contributed by atoms with Crippen molar-refractivity contribution in [1.82, 2.24) is 15.0 Å². The summed E-state index contributed by atoms with van der Waals surface area (Å²) in [7, 11) is 0. The molecule has 0 unspecified atom stereocenters. The number of thiophene rings is 1. The normalized spacial score (nSPS) is 13.7. The molecule has 5 rings (SSSR count). The summed E-state index contributed by atoms with van der Waals surface area (Å²) in [5.74, 6) is 1.41. The maximum Gasteiger partial charge on any atom is 0.126 e. The first-order valence-corrected chi connectivity index (χ1v) is 12.2. The van der Waals surface area contributed by atoms with Crippen molar-refractivity contribution in [3.8, 4) is 0 Å². The first-order valence-electron chi connectivity index (χ1n) is 10.1. The van der Waals surface area contributed by atoms with Crippen LogP contribution in [-0.4, -0.2) is 15.0 Å². The van der Waals surface area contributed by atoms with Crippen LogP contribution < -0.4 is 0 Å². The minimum absolute atomic E-state index is 0.612. The van der Waals surface area contributed by atoms with Crippen LogP contribution in [0.5, 0.6) is 0 Å². The molecule has 3 aromatic heterocycles. The molecule has 0 saturated carbocycles. The maximum absolute atomic E-state index is 6.34. The van der Waals surface area contributed by atoms with Gasteiger partial charge in [-0.25, -0.2) is 15.0 Å². The largest absolute Gasteiger partial charge is 0.242 e. The van der Waals surface area contributed by atoms with Gasteiger partial charge in [-0.2, -0.15) is 0 Å². The Bertz CT molecular complexity index is 1220. The third-order valence-electron chi connectivity index (χ3n) is 5.45. The second-order valence-corrected chi connectivity index (χ2v) is 10.4. The number of aromatic nitrogens is 3. The Morgan fingerprint density at radius 1 is 1.14 bits per heavy atom. The number of thioether (sulfide) groups is 1. The lowest BCUT2D eigenvalue weighted by Gasteiger charge is -2.11. The van der Waals surface area contributed by atoms with Crippen molar-refractivity contribution in [2.75, 3.05) is 0 Å². The van der Waals surface area contributed by atoms with E-state index in [4.69, 9.17) is 21.6 Å². The summed E-state index contributed by atoms with van der Waals surface area (Å²) in [6, 6.07) is 8.01. The van der Waals surface area contributed by atoms with Gasteiger partial charge in [-0.05, 0) is 54.4 Å². The highest BCUT2D eigenvalue weighted by molar-refractivity contribution is 7.98. The number of hydrogen-bond acceptors (Lipinski definition) is 5. The van der Waals surface area contributed by atoms with E-state index in [2.05, 4.69) is 24.9 Å². The summed E-state index contributed by atoms with van der Waals surface area (Å²) >= 11 is 9.81. The molecule has 0 fully saturated rings. The number of hydrogen-bond donors (Lipinski definition) is 0. The van der Waals surface area contributed by atoms with E-state index in [9.17, 15) is 0 Å². The van der Waals surface area contributed by atoms with E-state index in [1.165, 1.54) is 28.6 Å². The van der Waals surface area contributed by atoms with E-state index in [1.807, 2.05) is 18.2 Å². The van der Waals surface area contributed by atoms with Crippen molar-refractivity contribution in [1.29, 1.82) is 0 Å². The molecule has 0 radical (unpaired) electrons. The van der Waals surface area contributed by atoms with Gasteiger partial charge in [0.05, 0.1) is 10.2 Å². The lowest BCUT2D eigenvalue weighted by Crippen LogP contribution is -2.03. The summed E-state index contributed by atoms with van der Waals surface area (Å²) < 4.78 is 1.16. The van der Waals surface area contributed by atoms with Gasteiger partial charge in [0.1, 0.15) is 16.2 Å². The molecule has 4 aromatic rings. The van der Waals surface area contributed by atoms with Gasteiger partial charge in [0.15, 0.2) is 0 Å². The van der Waals surface area contributed by atoms with Gasteiger partial charge in [-0.3, -0.25) is 0 Å². The van der Waals surface area contributed by atoms with E-state index in [1.54, 1.807) is 29.4 Å². The number of nitrogens with zero attached hydrogens (tertiary/aromatic N) is 3. The summed E-state index contributed by atoms with van der Waals surface area (Å²) in [4.78, 5) is 15.5. The van der Waals surface area contributed by atoms with Crippen molar-refractivity contribution in [2.45, 2.75) is 50.3 Å². The molecule has 1 aromatic carbocycles. The Labute approximate surface area is 183 Å². The van der Waals surface area contributed by atoms with Crippen LogP contribution in [0.4, 0.5) is 0 Å². The maximum atomic E-state index is 6.34. The predicted octanol–water partition coefficient (Wildman–Crippen LogP) is 6.87. The van der Waals surface area contributed by atoms with E-state index in [0.717, 1.165) is 55.7 Å². The molecule has 0 bridgehead atoms. The molecule has 29 heavy (non-hydrogen) atoms. The van der Waals surface area contributed by atoms with Gasteiger partial charge in [0.25, 0.3) is 0 Å². The van der Waals surface area contributed by atoms with Crippen molar-refractivity contribution in [3.63, 3.8) is 0 Å². The van der Waals surface area contributed by atoms with Crippen LogP contribution in [0, 0.1) is 5.92 Å². The Hall–Kier alpha value is -1.69. The second-order valence-electron chi connectivity index (χ2n) is 7.99. The van der Waals surface area contributed by atoms with Crippen LogP contribution in [0.25, 0.3) is 20.4 Å². The molecule has 0 saturated heterocycles. The number of rotatable bonds is 5. The molecular formula is C23H22ClN3S2. The van der Waals surface area contributed by atoms with Gasteiger partial charge in [0, 0.05) is 21.9 Å². The highest BCUT2D eigenvalue weighted by atomic mass is 35.5. The average molecular weight is 440 g/mol. The zero-order valence-electron chi connectivity index (χ0n) is 16.5. The summed E-state index contributed by atoms with van der Waals surface area (Å²) in [5, 5.41) is 3.10. The number of aryl methyl sites for hydroxylation is 1. The molecular weight excluding hydrogens is 418 g/mol. The van der Waals surface area contributed by atoms with E-state index >= 15 is 0 Å². The molecule has 0 atom stereocenters. The monoisotopic (exact) mass is 439 g/mol. The molecule has 0 N–H and O–H groups in total. The molecule has 6 heteroatoms. The molecule has 1 aliphatic carbocycles. The Kier molecular flexibility index (Phi) is 5.23. The van der Waals surface area contributed by atoms with Gasteiger partial charge in [-0.15, -0.1) is 23.1 Å². The molecule has 148 valence electrons. The smallest absolute Gasteiger partial charge is 0.126 e. The SMILES string of the molecule is CC(C)Cc1nc2sc3c(SCc4ccccc4Cl)ncnc3c2c2c1CCC2. The number of halogens is 1. The zero-order chi connectivity index (χ0) is 20.0. The molecule has 0 aliphatic heterocycles. The highest BCUT2D eigenvalue weighted by Gasteiger charge is 2.24. The highest BCUT2D eigenvalue weighted by Crippen LogP contribution is 2.42. The minimum Gasteiger partial charge on any atom is -0.242 e. The van der Waals surface area contributed by atoms with Crippen LogP contribution >= 0.6 is 34.7 Å². The zero-order valence-corrected chi connectivity index (χ0v) is 18.9. The summed E-state index contributed by atoms with van der Waals surface area (Å²) in [5.41, 5.74) is 6.46. The minimum atomic E-state index is 0.612. The van der Waals surface area contributed by atoms with Crippen LogP contribution in [0.2, 0.25) is 5.02 Å². The Balaban J connectivity index is 1.61. The van der Waals surface area contributed by atoms with Gasteiger partial charge in [0.2, 0.25) is 0 Å². The quantitative estimate of drug-likeness (QED) is 0.251. The first-order chi connectivity index (χ1) is 14.1. The molecule has 1 aliphatic rings. The van der Waals surface area contributed by atoms with Crippen LogP contribution in [-0.2, 0) is 25.0 Å². The fraction of sp³-hybridized carbons (Fsp3) is 0.348. The third-order valence-corrected chi connectivity index (χ3v) is 8.06. The number of pyridine rings is 1. The molecule has 3 heterocycles. The van der Waals surface area contributed by atoms with E-state index in [-0.39, 0.29) is 0 Å². The molecule has 0 spiro atoms. The lowest BCUT2D eigenvalue weighted by atomic mass is 9.99. The van der Waals surface area contributed by atoms with E-state index in [0.29, 0.717) is 5.92 Å². The van der Waals surface area contributed by atoms with E-state index < -0.39 is 0 Å². The molecule has 0 amide bonds. The predicted molar refractivity (Wildman–Crippen MR) is 124 cm³/mol. The van der Waals surface area contributed by atoms with Crippen LogP contribution in [0.15, 0.2) is 35.6 Å². The second kappa shape index (κ2) is 7.86. The summed E-state index contributed by atoms with van der Waals surface area (Å²) in [6.45, 7) is 4.54. The van der Waals surface area contributed by atoms with Crippen LogP contribution in [0.3, 0.4) is 0 Å². The van der Waals surface area contributed by atoms with Crippen molar-refractivity contribution < 1.29 is 0 Å². The third kappa shape index (κ3) is 3.54. The van der Waals surface area contributed by atoms with Gasteiger partial charge >= 0.3 is 0 Å². The topological polar surface area (TPSA) is 38.7 Å². The van der Waals surface area contributed by atoms with Crippen molar-refractivity contribution in [2.24, 2.45) is 5.92 Å². The van der Waals surface area contributed by atoms with Gasteiger partial charge < -0.3 is 0 Å². The fourth-order valence-corrected chi connectivity index (χ4v) is 6.71. The number of benzene rings is 1. The molecule has 3 nitrogen and oxygen atoms in total. The standard InChI is InChI=1S/C23H22ClN3S2/c1-13(2)10-18-15-7-5-8-16(15)19-20-21(29-22(19)27-18)23(26-12-25-20)28-11-14-6-3-4-9-17(14)24/h3-4,6,9,12-13H,5,7-8,10-11H2,1-2H3.